The van der Waals surface area contributed by atoms with Crippen LogP contribution in [0.5, 0.6) is 0 Å². The first kappa shape index (κ1) is 13.1. The molecule has 20 heavy (non-hydrogen) atoms. The highest BCUT2D eigenvalue weighted by Gasteiger charge is 2.25. The van der Waals surface area contributed by atoms with Crippen LogP contribution in [-0.2, 0) is 4.79 Å². The normalized spacial score (nSPS) is 17.6. The molecule has 0 bridgehead atoms. The van der Waals surface area contributed by atoms with Crippen molar-refractivity contribution in [2.24, 2.45) is 5.73 Å². The maximum Gasteiger partial charge on any atom is 0.231 e. The number of nitrogens with zero attached hydrogens (tertiary/aromatic N) is 2. The number of hydrogen-bond acceptors (Lipinski definition) is 4. The molecule has 6 heteroatoms. The number of benzene rings is 1. The van der Waals surface area contributed by atoms with Gasteiger partial charge in [0.05, 0.1) is 12.2 Å². The Morgan fingerprint density at radius 3 is 2.90 bits per heavy atom. The van der Waals surface area contributed by atoms with Crippen LogP contribution in [0.1, 0.15) is 24.5 Å². The summed E-state index contributed by atoms with van der Waals surface area (Å²) in [7, 11) is 0. The van der Waals surface area contributed by atoms with Gasteiger partial charge < -0.3 is 10.3 Å². The molecular weight excluding hydrogens is 261 g/mol. The van der Waals surface area contributed by atoms with Gasteiger partial charge in [0.2, 0.25) is 5.91 Å². The zero-order valence-corrected chi connectivity index (χ0v) is 11.0. The number of likely N-dealkylation sites (tertiary alicyclic amines) is 1. The number of rotatable bonds is 3. The maximum absolute atomic E-state index is 13.1. The molecule has 0 spiro atoms. The highest BCUT2D eigenvalue weighted by Crippen LogP contribution is 2.32. The standard InChI is InChI=1S/C14H16FN3O2/c15-10-1-2-11-12(7-10)20-17-14(11)9-3-5-18(6-4-9)8-13(16)19/h1-2,7,9H,3-6,8H2,(H2,16,19). The van der Waals surface area contributed by atoms with Crippen molar-refractivity contribution in [2.45, 2.75) is 18.8 Å². The van der Waals surface area contributed by atoms with Crippen molar-refractivity contribution >= 4 is 16.9 Å². The van der Waals surface area contributed by atoms with E-state index in [0.29, 0.717) is 12.1 Å². The fraction of sp³-hybridized carbons (Fsp3) is 0.429. The Balaban J connectivity index is 1.75. The van der Waals surface area contributed by atoms with Crippen molar-refractivity contribution in [3.63, 3.8) is 0 Å². The summed E-state index contributed by atoms with van der Waals surface area (Å²) in [6.45, 7) is 1.92. The summed E-state index contributed by atoms with van der Waals surface area (Å²) in [4.78, 5) is 12.9. The van der Waals surface area contributed by atoms with E-state index in [4.69, 9.17) is 10.3 Å². The van der Waals surface area contributed by atoms with E-state index in [1.54, 1.807) is 6.07 Å². The SMILES string of the molecule is NC(=O)CN1CCC(c2noc3cc(F)ccc23)CC1. The van der Waals surface area contributed by atoms with Gasteiger partial charge in [0.1, 0.15) is 5.82 Å². The van der Waals surface area contributed by atoms with Gasteiger partial charge in [-0.3, -0.25) is 9.69 Å². The minimum Gasteiger partial charge on any atom is -0.369 e. The molecule has 1 aromatic carbocycles. The molecular formula is C14H16FN3O2. The number of piperidine rings is 1. The van der Waals surface area contributed by atoms with Crippen molar-refractivity contribution in [1.82, 2.24) is 10.1 Å². The summed E-state index contributed by atoms with van der Waals surface area (Å²) < 4.78 is 18.3. The lowest BCUT2D eigenvalue weighted by molar-refractivity contribution is -0.119. The van der Waals surface area contributed by atoms with E-state index in [9.17, 15) is 9.18 Å². The zero-order chi connectivity index (χ0) is 14.1. The lowest BCUT2D eigenvalue weighted by atomic mass is 9.91. The van der Waals surface area contributed by atoms with Crippen molar-refractivity contribution in [3.05, 3.63) is 29.7 Å². The predicted molar refractivity (Wildman–Crippen MR) is 71.6 cm³/mol. The second-order valence-electron chi connectivity index (χ2n) is 5.23. The molecule has 2 heterocycles. The highest BCUT2D eigenvalue weighted by molar-refractivity contribution is 5.80. The molecule has 1 aliphatic heterocycles. The predicted octanol–water partition coefficient (Wildman–Crippen LogP) is 1.63. The number of carbonyl (C=O) groups is 1. The number of aromatic nitrogens is 1. The molecule has 106 valence electrons. The van der Waals surface area contributed by atoms with Crippen LogP contribution in [0.15, 0.2) is 22.7 Å². The molecule has 0 saturated carbocycles. The third-order valence-corrected chi connectivity index (χ3v) is 3.82. The molecule has 3 rings (SSSR count). The summed E-state index contributed by atoms with van der Waals surface area (Å²) in [5.74, 6) is -0.340. The Kier molecular flexibility index (Phi) is 3.40. The van der Waals surface area contributed by atoms with E-state index >= 15 is 0 Å². The van der Waals surface area contributed by atoms with Crippen molar-refractivity contribution < 1.29 is 13.7 Å². The number of nitrogens with two attached hydrogens (primary N) is 1. The van der Waals surface area contributed by atoms with Gasteiger partial charge in [-0.15, -0.1) is 0 Å². The number of fused-ring (bicyclic) bond motifs is 1. The molecule has 1 saturated heterocycles. The zero-order valence-electron chi connectivity index (χ0n) is 11.0. The topological polar surface area (TPSA) is 72.4 Å². The molecule has 1 aliphatic rings. The molecule has 0 unspecified atom stereocenters. The highest BCUT2D eigenvalue weighted by atomic mass is 19.1. The molecule has 1 aromatic heterocycles. The van der Waals surface area contributed by atoms with Crippen molar-refractivity contribution in [1.29, 1.82) is 0 Å². The Labute approximate surface area is 115 Å². The minimum atomic E-state index is -0.323. The van der Waals surface area contributed by atoms with Crippen LogP contribution >= 0.6 is 0 Å². The van der Waals surface area contributed by atoms with E-state index < -0.39 is 0 Å². The van der Waals surface area contributed by atoms with Gasteiger partial charge in [-0.2, -0.15) is 0 Å². The monoisotopic (exact) mass is 277 g/mol. The quantitative estimate of drug-likeness (QED) is 0.925. The summed E-state index contributed by atoms with van der Waals surface area (Å²) in [6, 6.07) is 4.49. The summed E-state index contributed by atoms with van der Waals surface area (Å²) in [5.41, 5.74) is 6.57. The fourth-order valence-corrected chi connectivity index (χ4v) is 2.81. The first-order chi connectivity index (χ1) is 9.63. The summed E-state index contributed by atoms with van der Waals surface area (Å²) in [6.07, 6.45) is 1.79. The van der Waals surface area contributed by atoms with E-state index in [-0.39, 0.29) is 17.6 Å². The van der Waals surface area contributed by atoms with Crippen molar-refractivity contribution in [3.8, 4) is 0 Å². The van der Waals surface area contributed by atoms with Crippen LogP contribution in [0.25, 0.3) is 11.0 Å². The first-order valence-electron chi connectivity index (χ1n) is 6.69. The molecule has 2 N–H and O–H groups in total. The smallest absolute Gasteiger partial charge is 0.231 e. The van der Waals surface area contributed by atoms with Gasteiger partial charge in [0, 0.05) is 17.4 Å². The molecule has 2 aromatic rings. The maximum atomic E-state index is 13.1. The third-order valence-electron chi connectivity index (χ3n) is 3.82. The summed E-state index contributed by atoms with van der Waals surface area (Å²) >= 11 is 0. The van der Waals surface area contributed by atoms with Gasteiger partial charge in [0.25, 0.3) is 0 Å². The lowest BCUT2D eigenvalue weighted by Gasteiger charge is -2.30. The minimum absolute atomic E-state index is 0.283. The average molecular weight is 277 g/mol. The molecule has 0 radical (unpaired) electrons. The largest absolute Gasteiger partial charge is 0.369 e. The molecule has 0 aliphatic carbocycles. The van der Waals surface area contributed by atoms with Gasteiger partial charge in [0.15, 0.2) is 5.58 Å². The van der Waals surface area contributed by atoms with Gasteiger partial charge >= 0.3 is 0 Å². The third kappa shape index (κ3) is 2.51. The van der Waals surface area contributed by atoms with Crippen LogP contribution in [0.3, 0.4) is 0 Å². The van der Waals surface area contributed by atoms with Crippen LogP contribution in [0, 0.1) is 5.82 Å². The Bertz CT molecular complexity index is 632. The van der Waals surface area contributed by atoms with Crippen molar-refractivity contribution in [2.75, 3.05) is 19.6 Å². The van der Waals surface area contributed by atoms with Crippen LogP contribution in [0.4, 0.5) is 4.39 Å². The van der Waals surface area contributed by atoms with Crippen LogP contribution < -0.4 is 5.73 Å². The van der Waals surface area contributed by atoms with E-state index in [1.807, 2.05) is 4.90 Å². The van der Waals surface area contributed by atoms with Crippen LogP contribution in [-0.4, -0.2) is 35.6 Å². The number of carbonyl (C=O) groups excluding carboxylic acids is 1. The van der Waals surface area contributed by atoms with Gasteiger partial charge in [-0.05, 0) is 38.1 Å². The molecule has 0 atom stereocenters. The number of hydrogen-bond donors (Lipinski definition) is 1. The molecule has 5 nitrogen and oxygen atoms in total. The first-order valence-corrected chi connectivity index (χ1v) is 6.69. The van der Waals surface area contributed by atoms with E-state index in [1.165, 1.54) is 12.1 Å². The van der Waals surface area contributed by atoms with Crippen LogP contribution in [0.2, 0.25) is 0 Å². The molecule has 1 fully saturated rings. The summed E-state index contributed by atoms with van der Waals surface area (Å²) in [5, 5.41) is 4.97. The second kappa shape index (κ2) is 5.20. The Morgan fingerprint density at radius 2 is 2.20 bits per heavy atom. The number of amides is 1. The Morgan fingerprint density at radius 1 is 1.45 bits per heavy atom. The number of halogens is 1. The van der Waals surface area contributed by atoms with Gasteiger partial charge in [-0.1, -0.05) is 5.16 Å². The average Bonchev–Trinajstić information content (AvgIpc) is 2.82. The Hall–Kier alpha value is -1.95. The molecule has 1 amide bonds. The number of primary amides is 1. The van der Waals surface area contributed by atoms with Gasteiger partial charge in [-0.25, -0.2) is 4.39 Å². The van der Waals surface area contributed by atoms with E-state index in [2.05, 4.69) is 5.16 Å². The lowest BCUT2D eigenvalue weighted by Crippen LogP contribution is -2.39. The fourth-order valence-electron chi connectivity index (χ4n) is 2.81. The second-order valence-corrected chi connectivity index (χ2v) is 5.23. The van der Waals surface area contributed by atoms with E-state index in [0.717, 1.165) is 37.0 Å².